The van der Waals surface area contributed by atoms with Crippen LogP contribution < -0.4 is 4.50 Å². The second-order valence-corrected chi connectivity index (χ2v) is 7.88. The Balaban J connectivity index is 0.000000231. The first kappa shape index (κ1) is 23.0. The number of aromatic amines is 2. The van der Waals surface area contributed by atoms with Crippen molar-refractivity contribution in [2.75, 3.05) is 0 Å². The molecule has 0 amide bonds. The quantitative estimate of drug-likeness (QED) is 0.254. The Labute approximate surface area is 204 Å². The molecular formula is C27H21CoN4O2. The molecule has 3 aromatic heterocycles. The van der Waals surface area contributed by atoms with Crippen LogP contribution in [-0.4, -0.2) is 31.5 Å². The molecular weight excluding hydrogens is 471 g/mol. The summed E-state index contributed by atoms with van der Waals surface area (Å²) >= 11 is 4.13. The summed E-state index contributed by atoms with van der Waals surface area (Å²) < 4.78 is 1.01. The van der Waals surface area contributed by atoms with Crippen LogP contribution in [0.3, 0.4) is 0 Å². The van der Waals surface area contributed by atoms with Gasteiger partial charge in [0.05, 0.1) is 22.8 Å². The molecule has 0 radical (unpaired) electrons. The molecule has 0 unspecified atom stereocenters. The van der Waals surface area contributed by atoms with Crippen molar-refractivity contribution in [2.24, 2.45) is 0 Å². The predicted molar refractivity (Wildman–Crippen MR) is 134 cm³/mol. The summed E-state index contributed by atoms with van der Waals surface area (Å²) in [4.78, 5) is 24.4. The maximum absolute atomic E-state index is 8.36. The van der Waals surface area contributed by atoms with Gasteiger partial charge in [-0.05, 0) is 72.8 Å². The summed E-state index contributed by atoms with van der Waals surface area (Å²) in [7, 11) is 0. The summed E-state index contributed by atoms with van der Waals surface area (Å²) in [5.41, 5.74) is 7.86. The van der Waals surface area contributed by atoms with Crippen LogP contribution in [0.5, 0.6) is 0 Å². The van der Waals surface area contributed by atoms with E-state index < -0.39 is 0 Å². The fourth-order valence-electron chi connectivity index (χ4n) is 3.35. The Morgan fingerprint density at radius 1 is 0.618 bits per heavy atom. The number of carbonyl (C=O) groups is 1. The molecule has 7 heteroatoms. The van der Waals surface area contributed by atoms with Crippen LogP contribution in [-0.2, 0) is 20.5 Å². The van der Waals surface area contributed by atoms with Crippen LogP contribution in [0.2, 0.25) is 0 Å². The zero-order valence-electron chi connectivity index (χ0n) is 18.0. The number of nitrogens with zero attached hydrogens (tertiary/aromatic N) is 2. The molecule has 0 spiro atoms. The number of hydrogen-bond donors (Lipinski definition) is 3. The van der Waals surface area contributed by atoms with Crippen molar-refractivity contribution in [1.82, 2.24) is 19.9 Å². The molecule has 6 rings (SSSR count). The van der Waals surface area contributed by atoms with Crippen LogP contribution in [0.25, 0.3) is 46.4 Å². The molecule has 0 aliphatic carbocycles. The first-order chi connectivity index (χ1) is 16.6. The van der Waals surface area contributed by atoms with Gasteiger partial charge in [-0.1, -0.05) is 0 Å². The van der Waals surface area contributed by atoms with Crippen LogP contribution in [0.15, 0.2) is 78.9 Å². The van der Waals surface area contributed by atoms with Gasteiger partial charge in [0.15, 0.2) is 0 Å². The molecule has 8 bridgehead atoms. The van der Waals surface area contributed by atoms with Gasteiger partial charge < -0.3 is 15.1 Å². The Kier molecular flexibility index (Phi) is 7.49. The van der Waals surface area contributed by atoms with E-state index in [0.29, 0.717) is 0 Å². The summed E-state index contributed by atoms with van der Waals surface area (Å²) in [6.07, 6.45) is 8.09. The zero-order chi connectivity index (χ0) is 23.8. The molecule has 0 fully saturated rings. The molecule has 34 heavy (non-hydrogen) atoms. The van der Waals surface area contributed by atoms with Crippen LogP contribution in [0, 0.1) is 0 Å². The van der Waals surface area contributed by atoms with Crippen molar-refractivity contribution in [3.8, 4) is 0 Å². The number of H-pyrrole nitrogens is 2. The van der Waals surface area contributed by atoms with E-state index in [1.807, 2.05) is 78.9 Å². The van der Waals surface area contributed by atoms with Crippen molar-refractivity contribution in [1.29, 1.82) is 0 Å². The van der Waals surface area contributed by atoms with Crippen molar-refractivity contribution in [3.05, 3.63) is 102 Å². The minimum absolute atomic E-state index is 0.250. The number of rotatable bonds is 0. The molecule has 6 nitrogen and oxygen atoms in total. The zero-order valence-corrected chi connectivity index (χ0v) is 19.0. The van der Waals surface area contributed by atoms with Crippen molar-refractivity contribution >= 4 is 57.3 Å². The van der Waals surface area contributed by atoms with Crippen LogP contribution >= 0.6 is 0 Å². The van der Waals surface area contributed by atoms with Gasteiger partial charge in [0.25, 0.3) is 6.47 Å². The standard InChI is InChI=1S/C20H14N4.C6H5.CH2O2.Co/c1-2-14-10-16-5-6-18(23-16)12-20-8-7-19(24-20)11-17-4-3-15(22-17)9-13(1)21-14;1-2-4-6-5-3-1;2-1-3;/h1-12,21,24H;1-5H;1H,(H,2,3);. The van der Waals surface area contributed by atoms with E-state index in [-0.39, 0.29) is 6.47 Å². The van der Waals surface area contributed by atoms with Crippen molar-refractivity contribution in [3.63, 3.8) is 0 Å². The van der Waals surface area contributed by atoms with Crippen LogP contribution in [0.4, 0.5) is 0 Å². The molecule has 0 saturated heterocycles. The number of carboxylic acid groups (broad SMARTS) is 1. The average Bonchev–Trinajstić information content (AvgIpc) is 3.61. The summed E-state index contributed by atoms with van der Waals surface area (Å²) in [5.74, 6) is 0. The third-order valence-electron chi connectivity index (χ3n) is 4.76. The number of fused-ring (bicyclic) bond motifs is 8. The van der Waals surface area contributed by atoms with E-state index in [2.05, 4.69) is 59.9 Å². The van der Waals surface area contributed by atoms with E-state index in [4.69, 9.17) is 9.90 Å². The van der Waals surface area contributed by atoms with Crippen molar-refractivity contribution < 1.29 is 25.6 Å². The Morgan fingerprint density at radius 3 is 1.21 bits per heavy atom. The topological polar surface area (TPSA) is 94.7 Å². The molecule has 0 saturated carbocycles. The molecule has 2 aliphatic rings. The molecule has 3 N–H and O–H groups in total. The molecule has 0 atom stereocenters. The minimum atomic E-state index is -0.250. The number of hydrogen-bond acceptors (Lipinski definition) is 3. The van der Waals surface area contributed by atoms with E-state index in [1.54, 1.807) is 0 Å². The number of benzene rings is 1. The SMILES string of the molecule is C1=Cc2cc3ccc(cc4nc(cc5ccc(cc1n2)[nH]5)C=C4)[nH]3.O=CO.[Co][c]1ccccc1. The third kappa shape index (κ3) is 6.41. The summed E-state index contributed by atoms with van der Waals surface area (Å²) in [6.45, 7) is -0.250. The molecule has 5 heterocycles. The fourth-order valence-corrected chi connectivity index (χ4v) is 3.55. The Hall–Kier alpha value is -4.20. The Morgan fingerprint density at radius 2 is 0.941 bits per heavy atom. The first-order valence-electron chi connectivity index (χ1n) is 10.4. The van der Waals surface area contributed by atoms with Gasteiger partial charge in [-0.15, -0.1) is 0 Å². The van der Waals surface area contributed by atoms with E-state index in [0.717, 1.165) is 49.3 Å². The second-order valence-electron chi connectivity index (χ2n) is 7.28. The summed E-state index contributed by atoms with van der Waals surface area (Å²) in [5, 5.41) is 6.89. The average molecular weight is 492 g/mol. The van der Waals surface area contributed by atoms with Gasteiger partial charge in [-0.25, -0.2) is 9.97 Å². The molecule has 2 aliphatic heterocycles. The van der Waals surface area contributed by atoms with Gasteiger partial charge in [0, 0.05) is 22.1 Å². The predicted octanol–water partition coefficient (Wildman–Crippen LogP) is 5.22. The van der Waals surface area contributed by atoms with E-state index >= 15 is 0 Å². The fraction of sp³-hybridized carbons (Fsp3) is 0. The maximum atomic E-state index is 8.36. The van der Waals surface area contributed by atoms with Crippen molar-refractivity contribution in [2.45, 2.75) is 0 Å². The van der Waals surface area contributed by atoms with Crippen LogP contribution in [0.1, 0.15) is 22.8 Å². The van der Waals surface area contributed by atoms with Gasteiger partial charge in [-0.2, -0.15) is 0 Å². The van der Waals surface area contributed by atoms with Gasteiger partial charge in [-0.3, -0.25) is 4.79 Å². The van der Waals surface area contributed by atoms with E-state index in [1.165, 1.54) is 0 Å². The Bertz CT molecular complexity index is 1330. The first-order valence-corrected chi connectivity index (χ1v) is 10.9. The van der Waals surface area contributed by atoms with E-state index in [9.17, 15) is 0 Å². The normalized spacial score (nSPS) is 11.1. The molecule has 4 aromatic rings. The van der Waals surface area contributed by atoms with Gasteiger partial charge in [0.2, 0.25) is 0 Å². The molecule has 1 aromatic carbocycles. The monoisotopic (exact) mass is 492 g/mol. The molecule has 170 valence electrons. The number of nitrogens with one attached hydrogen (secondary N) is 2. The second kappa shape index (κ2) is 11.1. The number of aromatic nitrogens is 4. The third-order valence-corrected chi connectivity index (χ3v) is 5.11. The van der Waals surface area contributed by atoms with Gasteiger partial charge >= 0.3 is 50.6 Å². The van der Waals surface area contributed by atoms with Gasteiger partial charge in [0.1, 0.15) is 0 Å². The summed E-state index contributed by atoms with van der Waals surface area (Å²) in [6, 6.07) is 26.1.